The van der Waals surface area contributed by atoms with Gasteiger partial charge in [-0.25, -0.2) is 0 Å². The van der Waals surface area contributed by atoms with Crippen molar-refractivity contribution in [2.24, 2.45) is 5.92 Å². The summed E-state index contributed by atoms with van der Waals surface area (Å²) in [7, 11) is -6.24. The highest BCUT2D eigenvalue weighted by Crippen LogP contribution is 2.76. The van der Waals surface area contributed by atoms with Crippen LogP contribution in [-0.4, -0.2) is 30.6 Å². The van der Waals surface area contributed by atoms with Gasteiger partial charge in [-0.3, -0.25) is 13.7 Å². The van der Waals surface area contributed by atoms with Crippen molar-refractivity contribution in [1.82, 2.24) is 0 Å². The van der Waals surface area contributed by atoms with Gasteiger partial charge in [0.25, 0.3) is 0 Å². The molecule has 0 aromatic rings. The Morgan fingerprint density at radius 1 is 1.14 bits per heavy atom. The molecule has 3 aliphatic heterocycles. The Balaban J connectivity index is 2.09. The molecule has 0 spiro atoms. The maximum absolute atomic E-state index is 13.2. The normalized spacial score (nSPS) is 48.0. The smallest absolute Gasteiger partial charge is 0.326 e. The topological polar surface area (TPSA) is 61.8 Å². The molecule has 0 saturated carbocycles. The van der Waals surface area contributed by atoms with E-state index >= 15 is 0 Å². The van der Waals surface area contributed by atoms with Gasteiger partial charge in [0.15, 0.2) is 0 Å². The molecule has 0 amide bonds. The molecule has 0 aromatic carbocycles. The van der Waals surface area contributed by atoms with Gasteiger partial charge in [0, 0.05) is 11.7 Å². The van der Waals surface area contributed by atoms with Crippen LogP contribution in [-0.2, 0) is 22.7 Å². The van der Waals surface area contributed by atoms with Crippen LogP contribution in [0.3, 0.4) is 0 Å². The summed E-state index contributed by atoms with van der Waals surface area (Å²) in [4.78, 5) is 0. The predicted octanol–water partition coefficient (Wildman–Crippen LogP) is 4.16. The Morgan fingerprint density at radius 2 is 1.81 bits per heavy atom. The first kappa shape index (κ1) is 15.7. The summed E-state index contributed by atoms with van der Waals surface area (Å²) in [6.45, 7) is 8.25. The molecule has 2 bridgehead atoms. The molecule has 0 aromatic heterocycles. The van der Waals surface area contributed by atoms with Crippen LogP contribution in [0.15, 0.2) is 23.0 Å². The molecule has 0 N–H and O–H groups in total. The lowest BCUT2D eigenvalue weighted by Gasteiger charge is -2.48. The highest BCUT2D eigenvalue weighted by Gasteiger charge is 2.64. The van der Waals surface area contributed by atoms with Gasteiger partial charge in [0.05, 0.1) is 30.6 Å². The summed E-state index contributed by atoms with van der Waals surface area (Å²) >= 11 is 0. The van der Waals surface area contributed by atoms with Crippen LogP contribution in [0.4, 0.5) is 0 Å². The number of hydrogen-bond acceptors (Lipinski definition) is 5. The molecule has 118 valence electrons. The van der Waals surface area contributed by atoms with Crippen LogP contribution in [0, 0.1) is 5.92 Å². The van der Waals surface area contributed by atoms with Crippen molar-refractivity contribution in [3.63, 3.8) is 0 Å². The average Bonchev–Trinajstić information content (AvgIpc) is 2.65. The SMILES string of the molecule is CCOP1(=O)C=C(C)[C@@H]2[C@H]1[C@@H]1C=C(C)[C@H]2O[P@@]1(=O)OCC. The van der Waals surface area contributed by atoms with Gasteiger partial charge in [-0.05, 0) is 33.3 Å². The fourth-order valence-electron chi connectivity index (χ4n) is 3.82. The lowest BCUT2D eigenvalue weighted by atomic mass is 9.82. The summed E-state index contributed by atoms with van der Waals surface area (Å²) in [5, 5.41) is 0. The molecule has 21 heavy (non-hydrogen) atoms. The van der Waals surface area contributed by atoms with E-state index in [0.29, 0.717) is 13.2 Å². The third-order valence-electron chi connectivity index (χ3n) is 4.52. The highest BCUT2D eigenvalue weighted by atomic mass is 31.2. The molecule has 3 heterocycles. The minimum Gasteiger partial charge on any atom is -0.326 e. The van der Waals surface area contributed by atoms with E-state index in [1.807, 2.05) is 26.8 Å². The molecule has 1 aliphatic carbocycles. The van der Waals surface area contributed by atoms with Gasteiger partial charge in [0.2, 0.25) is 7.37 Å². The van der Waals surface area contributed by atoms with Crippen molar-refractivity contribution in [2.45, 2.75) is 45.1 Å². The van der Waals surface area contributed by atoms with Gasteiger partial charge in [-0.15, -0.1) is 0 Å². The van der Waals surface area contributed by atoms with Crippen LogP contribution in [0.25, 0.3) is 0 Å². The largest absolute Gasteiger partial charge is 0.338 e. The van der Waals surface area contributed by atoms with E-state index in [4.69, 9.17) is 13.6 Å². The van der Waals surface area contributed by atoms with E-state index < -0.39 is 20.6 Å². The lowest BCUT2D eigenvalue weighted by Crippen LogP contribution is -2.48. The average molecular weight is 332 g/mol. The number of fused-ring (bicyclic) bond motifs is 1. The molecule has 1 unspecified atom stereocenters. The van der Waals surface area contributed by atoms with E-state index in [9.17, 15) is 9.13 Å². The Hall–Kier alpha value is -0.180. The first-order valence-electron chi connectivity index (χ1n) is 7.40. The van der Waals surface area contributed by atoms with Gasteiger partial charge >= 0.3 is 7.60 Å². The summed E-state index contributed by atoms with van der Waals surface area (Å²) in [5.41, 5.74) is 1.28. The standard InChI is InChI=1S/C14H22O5P2/c1-5-17-20(15)8-10(4)12-13-9(3)7-11(14(12)20)21(16,19-13)18-6-2/h7-8,11-14H,5-6H2,1-4H3/t11-,12-,13+,14+,20?,21-/m0/s1. The van der Waals surface area contributed by atoms with Crippen molar-refractivity contribution in [3.05, 3.63) is 23.0 Å². The van der Waals surface area contributed by atoms with Crippen LogP contribution in [0.1, 0.15) is 27.7 Å². The molecule has 1 saturated heterocycles. The van der Waals surface area contributed by atoms with Crippen molar-refractivity contribution in [2.75, 3.05) is 13.2 Å². The number of rotatable bonds is 4. The minimum atomic E-state index is -3.27. The van der Waals surface area contributed by atoms with Crippen molar-refractivity contribution in [1.29, 1.82) is 0 Å². The number of allylic oxidation sites excluding steroid dienone is 1. The Morgan fingerprint density at radius 3 is 2.43 bits per heavy atom. The van der Waals surface area contributed by atoms with E-state index in [1.165, 1.54) is 0 Å². The second kappa shape index (κ2) is 5.18. The summed E-state index contributed by atoms with van der Waals surface area (Å²) in [6.07, 6.45) is 1.62. The van der Waals surface area contributed by atoms with Crippen molar-refractivity contribution in [3.8, 4) is 0 Å². The molecule has 1 fully saturated rings. The fraction of sp³-hybridized carbons (Fsp3) is 0.714. The van der Waals surface area contributed by atoms with E-state index in [-0.39, 0.29) is 17.7 Å². The Kier molecular flexibility index (Phi) is 3.87. The summed E-state index contributed by atoms with van der Waals surface area (Å²) in [6, 6.07) is 0. The zero-order valence-electron chi connectivity index (χ0n) is 12.8. The highest BCUT2D eigenvalue weighted by molar-refractivity contribution is 7.65. The lowest BCUT2D eigenvalue weighted by molar-refractivity contribution is 0.101. The molecular formula is C14H22O5P2. The van der Waals surface area contributed by atoms with Gasteiger partial charge < -0.3 is 9.05 Å². The first-order valence-corrected chi connectivity index (χ1v) is 10.8. The monoisotopic (exact) mass is 332 g/mol. The van der Waals surface area contributed by atoms with Crippen molar-refractivity contribution < 1.29 is 22.7 Å². The maximum Gasteiger partial charge on any atom is 0.338 e. The molecular weight excluding hydrogens is 310 g/mol. The number of hydrogen-bond donors (Lipinski definition) is 0. The van der Waals surface area contributed by atoms with Crippen LogP contribution in [0.2, 0.25) is 0 Å². The first-order chi connectivity index (χ1) is 9.86. The maximum atomic E-state index is 13.2. The minimum absolute atomic E-state index is 0.0140. The summed E-state index contributed by atoms with van der Waals surface area (Å²) < 4.78 is 43.1. The quantitative estimate of drug-likeness (QED) is 0.571. The predicted molar refractivity (Wildman–Crippen MR) is 81.9 cm³/mol. The molecule has 4 rings (SSSR count). The zero-order valence-corrected chi connectivity index (χ0v) is 14.6. The Labute approximate surface area is 125 Å². The van der Waals surface area contributed by atoms with Crippen molar-refractivity contribution >= 4 is 15.0 Å². The Bertz CT molecular complexity index is 608. The van der Waals surface area contributed by atoms with E-state index in [1.54, 1.807) is 12.7 Å². The van der Waals surface area contributed by atoms with Gasteiger partial charge in [0.1, 0.15) is 0 Å². The second-order valence-electron chi connectivity index (χ2n) is 5.84. The molecule has 5 nitrogen and oxygen atoms in total. The van der Waals surface area contributed by atoms with E-state index in [2.05, 4.69) is 0 Å². The summed E-state index contributed by atoms with van der Waals surface area (Å²) in [5.74, 6) is 1.74. The van der Waals surface area contributed by atoms with Gasteiger partial charge in [-0.2, -0.15) is 0 Å². The zero-order chi connectivity index (χ0) is 15.4. The molecule has 4 aliphatic rings. The third kappa shape index (κ3) is 2.17. The third-order valence-corrected chi connectivity index (χ3v) is 9.99. The van der Waals surface area contributed by atoms with Crippen LogP contribution >= 0.6 is 15.0 Å². The fourth-order valence-corrected chi connectivity index (χ4v) is 10.1. The van der Waals surface area contributed by atoms with E-state index in [0.717, 1.165) is 11.1 Å². The molecule has 7 heteroatoms. The molecule has 6 atom stereocenters. The van der Waals surface area contributed by atoms with Crippen LogP contribution in [0.5, 0.6) is 0 Å². The van der Waals surface area contributed by atoms with Gasteiger partial charge in [-0.1, -0.05) is 11.6 Å². The second-order valence-corrected chi connectivity index (χ2v) is 10.4. The molecule has 0 radical (unpaired) electrons. The van der Waals surface area contributed by atoms with Crippen LogP contribution < -0.4 is 0 Å².